The highest BCUT2D eigenvalue weighted by molar-refractivity contribution is 5.94. The SMILES string of the molecule is CCC(Oc1ccc2c(c1)C(c1cccc(F)c1)N(C(=O)C(C)C)CC2)C(=O)Nc1cccc(C)c1. The molecule has 188 valence electrons. The number of benzene rings is 3. The molecule has 1 heterocycles. The van der Waals surface area contributed by atoms with Crippen molar-refractivity contribution >= 4 is 17.5 Å². The van der Waals surface area contributed by atoms with Crippen LogP contribution in [0.15, 0.2) is 66.7 Å². The molecule has 3 aromatic rings. The third kappa shape index (κ3) is 5.59. The van der Waals surface area contributed by atoms with Crippen LogP contribution in [0.25, 0.3) is 0 Å². The summed E-state index contributed by atoms with van der Waals surface area (Å²) >= 11 is 0. The van der Waals surface area contributed by atoms with Gasteiger partial charge in [0.05, 0.1) is 6.04 Å². The van der Waals surface area contributed by atoms with Crippen molar-refractivity contribution in [3.63, 3.8) is 0 Å². The molecule has 2 atom stereocenters. The van der Waals surface area contributed by atoms with Gasteiger partial charge in [0.2, 0.25) is 5.91 Å². The van der Waals surface area contributed by atoms with Gasteiger partial charge in [-0.05, 0) is 78.4 Å². The maximum atomic E-state index is 14.2. The number of fused-ring (bicyclic) bond motifs is 1. The van der Waals surface area contributed by atoms with E-state index < -0.39 is 12.1 Å². The van der Waals surface area contributed by atoms with Crippen LogP contribution in [0.5, 0.6) is 5.75 Å². The van der Waals surface area contributed by atoms with Crippen LogP contribution in [0.4, 0.5) is 10.1 Å². The Bertz CT molecular complexity index is 1260. The van der Waals surface area contributed by atoms with Gasteiger partial charge in [0.25, 0.3) is 5.91 Å². The Balaban J connectivity index is 1.64. The van der Waals surface area contributed by atoms with E-state index in [2.05, 4.69) is 5.32 Å². The molecule has 0 aromatic heterocycles. The summed E-state index contributed by atoms with van der Waals surface area (Å²) in [5.41, 5.74) is 4.47. The number of nitrogens with one attached hydrogen (secondary N) is 1. The molecular formula is C30H33FN2O3. The highest BCUT2D eigenvalue weighted by Gasteiger charge is 2.34. The van der Waals surface area contributed by atoms with Gasteiger partial charge in [0.1, 0.15) is 11.6 Å². The minimum Gasteiger partial charge on any atom is -0.481 e. The Hall–Kier alpha value is -3.67. The van der Waals surface area contributed by atoms with E-state index in [1.54, 1.807) is 6.07 Å². The van der Waals surface area contributed by atoms with E-state index in [9.17, 15) is 14.0 Å². The van der Waals surface area contributed by atoms with Gasteiger partial charge in [0, 0.05) is 18.2 Å². The van der Waals surface area contributed by atoms with Crippen LogP contribution in [0.1, 0.15) is 55.5 Å². The molecule has 0 radical (unpaired) electrons. The first-order valence-electron chi connectivity index (χ1n) is 12.5. The van der Waals surface area contributed by atoms with Crippen molar-refractivity contribution in [1.82, 2.24) is 4.90 Å². The van der Waals surface area contributed by atoms with Crippen LogP contribution in [-0.2, 0) is 16.0 Å². The second kappa shape index (κ2) is 10.9. The molecule has 36 heavy (non-hydrogen) atoms. The maximum absolute atomic E-state index is 14.2. The largest absolute Gasteiger partial charge is 0.481 e. The number of rotatable bonds is 7. The Kier molecular flexibility index (Phi) is 7.73. The minimum absolute atomic E-state index is 0.0187. The molecule has 5 nitrogen and oxygen atoms in total. The van der Waals surface area contributed by atoms with Crippen molar-refractivity contribution in [1.29, 1.82) is 0 Å². The van der Waals surface area contributed by atoms with Gasteiger partial charge in [-0.3, -0.25) is 9.59 Å². The Morgan fingerprint density at radius 3 is 2.56 bits per heavy atom. The standard InChI is InChI=1S/C30H33FN2O3/c1-5-27(29(34)32-24-11-6-8-20(4)16-24)36-25-13-12-21-14-15-33(30(35)19(2)3)28(26(21)18-25)22-9-7-10-23(31)17-22/h6-13,16-19,27-28H,5,14-15H2,1-4H3,(H,32,34). The smallest absolute Gasteiger partial charge is 0.265 e. The molecule has 0 aliphatic carbocycles. The van der Waals surface area contributed by atoms with E-state index in [1.807, 2.05) is 81.1 Å². The zero-order valence-electron chi connectivity index (χ0n) is 21.3. The molecule has 1 aliphatic rings. The van der Waals surface area contributed by atoms with Crippen LogP contribution in [0.2, 0.25) is 0 Å². The van der Waals surface area contributed by atoms with E-state index in [4.69, 9.17) is 4.74 Å². The number of anilines is 1. The molecule has 2 unspecified atom stereocenters. The Labute approximate surface area is 212 Å². The van der Waals surface area contributed by atoms with E-state index in [0.717, 1.165) is 22.4 Å². The molecule has 6 heteroatoms. The Morgan fingerprint density at radius 2 is 1.86 bits per heavy atom. The quantitative estimate of drug-likeness (QED) is 0.440. The molecule has 2 amide bonds. The average Bonchev–Trinajstić information content (AvgIpc) is 2.85. The van der Waals surface area contributed by atoms with Crippen molar-refractivity contribution in [2.24, 2.45) is 5.92 Å². The fourth-order valence-electron chi connectivity index (χ4n) is 4.70. The average molecular weight is 489 g/mol. The number of ether oxygens (including phenoxy) is 1. The lowest BCUT2D eigenvalue weighted by molar-refractivity contribution is -0.136. The Morgan fingerprint density at radius 1 is 1.08 bits per heavy atom. The highest BCUT2D eigenvalue weighted by Crippen LogP contribution is 2.38. The first-order valence-corrected chi connectivity index (χ1v) is 12.5. The van der Waals surface area contributed by atoms with E-state index in [0.29, 0.717) is 30.7 Å². The first kappa shape index (κ1) is 25.4. The molecule has 1 N–H and O–H groups in total. The minimum atomic E-state index is -0.687. The van der Waals surface area contributed by atoms with Gasteiger partial charge >= 0.3 is 0 Å². The molecule has 0 bridgehead atoms. The van der Waals surface area contributed by atoms with E-state index >= 15 is 0 Å². The molecule has 1 aliphatic heterocycles. The second-order valence-corrected chi connectivity index (χ2v) is 9.63. The summed E-state index contributed by atoms with van der Waals surface area (Å²) in [6.07, 6.45) is 0.499. The zero-order valence-corrected chi connectivity index (χ0v) is 21.3. The topological polar surface area (TPSA) is 58.6 Å². The summed E-state index contributed by atoms with van der Waals surface area (Å²) in [6.45, 7) is 8.18. The second-order valence-electron chi connectivity index (χ2n) is 9.63. The fraction of sp³-hybridized carbons (Fsp3) is 0.333. The molecule has 3 aromatic carbocycles. The molecular weight excluding hydrogens is 455 g/mol. The normalized spacial score (nSPS) is 15.8. The number of halogens is 1. The van der Waals surface area contributed by atoms with Gasteiger partial charge in [0.15, 0.2) is 6.10 Å². The number of hydrogen-bond donors (Lipinski definition) is 1. The molecule has 4 rings (SSSR count). The van der Waals surface area contributed by atoms with Crippen molar-refractivity contribution in [3.8, 4) is 5.75 Å². The third-order valence-electron chi connectivity index (χ3n) is 6.51. The summed E-state index contributed by atoms with van der Waals surface area (Å²) in [7, 11) is 0. The number of carbonyl (C=O) groups is 2. The molecule has 0 fully saturated rings. The van der Waals surface area contributed by atoms with Gasteiger partial charge in [-0.15, -0.1) is 0 Å². The summed E-state index contributed by atoms with van der Waals surface area (Å²) in [5.74, 6) is -0.191. The van der Waals surface area contributed by atoms with Crippen LogP contribution < -0.4 is 10.1 Å². The van der Waals surface area contributed by atoms with Crippen molar-refractivity contribution in [2.45, 2.75) is 52.7 Å². The number of carbonyl (C=O) groups excluding carboxylic acids is 2. The van der Waals surface area contributed by atoms with Crippen molar-refractivity contribution in [3.05, 3.63) is 94.8 Å². The lowest BCUT2D eigenvalue weighted by Crippen LogP contribution is -2.42. The maximum Gasteiger partial charge on any atom is 0.265 e. The number of amides is 2. The fourth-order valence-corrected chi connectivity index (χ4v) is 4.70. The molecule has 0 spiro atoms. The van der Waals surface area contributed by atoms with E-state index in [1.165, 1.54) is 12.1 Å². The monoisotopic (exact) mass is 488 g/mol. The highest BCUT2D eigenvalue weighted by atomic mass is 19.1. The van der Waals surface area contributed by atoms with Crippen LogP contribution >= 0.6 is 0 Å². The van der Waals surface area contributed by atoms with Crippen LogP contribution in [0.3, 0.4) is 0 Å². The van der Waals surface area contributed by atoms with Gasteiger partial charge in [-0.2, -0.15) is 0 Å². The summed E-state index contributed by atoms with van der Waals surface area (Å²) in [4.78, 5) is 27.9. The lowest BCUT2D eigenvalue weighted by Gasteiger charge is -2.39. The first-order chi connectivity index (χ1) is 17.3. The lowest BCUT2D eigenvalue weighted by atomic mass is 9.87. The van der Waals surface area contributed by atoms with E-state index in [-0.39, 0.29) is 23.5 Å². The predicted octanol–water partition coefficient (Wildman–Crippen LogP) is 6.06. The van der Waals surface area contributed by atoms with Crippen LogP contribution in [-0.4, -0.2) is 29.4 Å². The predicted molar refractivity (Wildman–Crippen MR) is 139 cm³/mol. The third-order valence-corrected chi connectivity index (χ3v) is 6.51. The van der Waals surface area contributed by atoms with Gasteiger partial charge in [-0.1, -0.05) is 51.1 Å². The van der Waals surface area contributed by atoms with Crippen molar-refractivity contribution in [2.75, 3.05) is 11.9 Å². The summed E-state index contributed by atoms with van der Waals surface area (Å²) < 4.78 is 20.4. The number of aryl methyl sites for hydroxylation is 1. The number of nitrogens with zero attached hydrogens (tertiary/aromatic N) is 1. The van der Waals surface area contributed by atoms with Gasteiger partial charge in [-0.25, -0.2) is 4.39 Å². The van der Waals surface area contributed by atoms with Crippen molar-refractivity contribution < 1.29 is 18.7 Å². The summed E-state index contributed by atoms with van der Waals surface area (Å²) in [5, 5.41) is 2.93. The van der Waals surface area contributed by atoms with Gasteiger partial charge < -0.3 is 15.0 Å². The number of hydrogen-bond acceptors (Lipinski definition) is 3. The summed E-state index contributed by atoms with van der Waals surface area (Å²) in [6, 6.07) is 19.3. The molecule has 0 saturated heterocycles. The zero-order chi connectivity index (χ0) is 25.8. The van der Waals surface area contributed by atoms with Crippen LogP contribution in [0, 0.1) is 18.7 Å². The molecule has 0 saturated carbocycles.